The Labute approximate surface area is 234 Å². The standard InChI is InChI=1S/C33H49NO5/c1-19(18-34(21(3)35)22(4)36)8-11-29-20(2)31-30(39-29)17-28-26-10-9-24-16-25(38-23(5)37)12-14-32(24,6)27(26)13-15-33(28,31)7/h9,19,25-28,30-31H,8,10-18H2,1-7H3/t19-,25+,26-,27+,28+,30+,31+,32+,33+/m1/s1. The molecule has 0 aromatic heterocycles. The Kier molecular flexibility index (Phi) is 7.56. The van der Waals surface area contributed by atoms with E-state index in [0.717, 1.165) is 50.7 Å². The Hall–Kier alpha value is -2.11. The topological polar surface area (TPSA) is 72.9 Å². The lowest BCUT2D eigenvalue weighted by Crippen LogP contribution is -2.50. The second-order valence-electron chi connectivity index (χ2n) is 14.0. The SMILES string of the molecule is CC(=O)O[C@H]1CC[C@@]2(C)C(=CC[C@H]3[C@@H]4C[C@@H]5OC(CC[C@@H](C)CN(C(C)=O)C(C)=O)=C(C)[C@@H]5[C@@]4(C)CC[C@@H]32)C1. The number of nitrogens with zero attached hydrogens (tertiary/aromatic N) is 1. The molecule has 4 aliphatic carbocycles. The van der Waals surface area contributed by atoms with Crippen LogP contribution in [0.15, 0.2) is 23.0 Å². The number of allylic oxidation sites excluding steroid dienone is 2. The number of rotatable bonds is 6. The van der Waals surface area contributed by atoms with E-state index in [2.05, 4.69) is 33.8 Å². The highest BCUT2D eigenvalue weighted by Gasteiger charge is 2.63. The molecule has 0 aromatic rings. The molecule has 0 aromatic carbocycles. The van der Waals surface area contributed by atoms with E-state index in [-0.39, 0.29) is 46.7 Å². The highest BCUT2D eigenvalue weighted by molar-refractivity contribution is 5.92. The predicted molar refractivity (Wildman–Crippen MR) is 150 cm³/mol. The van der Waals surface area contributed by atoms with Gasteiger partial charge in [-0.05, 0) is 91.9 Å². The first-order chi connectivity index (χ1) is 18.3. The molecule has 5 rings (SSSR count). The van der Waals surface area contributed by atoms with E-state index in [0.29, 0.717) is 30.2 Å². The fourth-order valence-corrected chi connectivity index (χ4v) is 9.81. The first-order valence-electron chi connectivity index (χ1n) is 15.4. The molecule has 0 unspecified atom stereocenters. The molecule has 6 nitrogen and oxygen atoms in total. The molecule has 0 spiro atoms. The van der Waals surface area contributed by atoms with Crippen LogP contribution in [0.1, 0.15) is 106 Å². The number of hydrogen-bond acceptors (Lipinski definition) is 5. The molecular formula is C33H49NO5. The van der Waals surface area contributed by atoms with Gasteiger partial charge in [0.1, 0.15) is 12.2 Å². The molecule has 0 bridgehead atoms. The number of esters is 1. The largest absolute Gasteiger partial charge is 0.494 e. The summed E-state index contributed by atoms with van der Waals surface area (Å²) in [5.41, 5.74) is 3.50. The monoisotopic (exact) mass is 539 g/mol. The van der Waals surface area contributed by atoms with Gasteiger partial charge in [-0.2, -0.15) is 0 Å². The van der Waals surface area contributed by atoms with Crippen molar-refractivity contribution in [3.05, 3.63) is 23.0 Å². The Bertz CT molecular complexity index is 1080. The summed E-state index contributed by atoms with van der Waals surface area (Å²) >= 11 is 0. The van der Waals surface area contributed by atoms with Crippen molar-refractivity contribution in [2.45, 2.75) is 118 Å². The van der Waals surface area contributed by atoms with Crippen molar-refractivity contribution >= 4 is 17.8 Å². The molecule has 216 valence electrons. The van der Waals surface area contributed by atoms with E-state index in [9.17, 15) is 14.4 Å². The van der Waals surface area contributed by atoms with Crippen LogP contribution in [0, 0.1) is 40.4 Å². The minimum atomic E-state index is -0.179. The predicted octanol–water partition coefficient (Wildman–Crippen LogP) is 6.59. The van der Waals surface area contributed by atoms with Gasteiger partial charge in [0, 0.05) is 46.1 Å². The van der Waals surface area contributed by atoms with E-state index in [4.69, 9.17) is 9.47 Å². The van der Waals surface area contributed by atoms with Crippen molar-refractivity contribution in [3.63, 3.8) is 0 Å². The number of carbonyl (C=O) groups is 3. The van der Waals surface area contributed by atoms with E-state index in [1.807, 2.05) is 0 Å². The molecule has 3 saturated carbocycles. The number of hydrogen-bond donors (Lipinski definition) is 0. The lowest BCUT2D eigenvalue weighted by atomic mass is 9.47. The maximum absolute atomic E-state index is 11.8. The van der Waals surface area contributed by atoms with Gasteiger partial charge < -0.3 is 9.47 Å². The average molecular weight is 540 g/mol. The summed E-state index contributed by atoms with van der Waals surface area (Å²) in [6, 6.07) is 0. The Morgan fingerprint density at radius 3 is 2.49 bits per heavy atom. The van der Waals surface area contributed by atoms with Gasteiger partial charge in [0.2, 0.25) is 11.8 Å². The van der Waals surface area contributed by atoms with Crippen LogP contribution in [0.3, 0.4) is 0 Å². The maximum Gasteiger partial charge on any atom is 0.302 e. The molecule has 0 saturated heterocycles. The zero-order chi connectivity index (χ0) is 28.3. The smallest absolute Gasteiger partial charge is 0.302 e. The number of imide groups is 1. The zero-order valence-corrected chi connectivity index (χ0v) is 25.2. The van der Waals surface area contributed by atoms with Gasteiger partial charge >= 0.3 is 5.97 Å². The molecule has 0 radical (unpaired) electrons. The van der Waals surface area contributed by atoms with Gasteiger partial charge in [-0.15, -0.1) is 0 Å². The molecule has 0 N–H and O–H groups in total. The average Bonchev–Trinajstić information content (AvgIpc) is 3.33. The van der Waals surface area contributed by atoms with Crippen LogP contribution in [-0.4, -0.2) is 41.4 Å². The van der Waals surface area contributed by atoms with Gasteiger partial charge in [0.05, 0.1) is 5.76 Å². The highest BCUT2D eigenvalue weighted by Crippen LogP contribution is 2.69. The van der Waals surface area contributed by atoms with E-state index in [1.165, 1.54) is 44.1 Å². The van der Waals surface area contributed by atoms with E-state index in [1.54, 1.807) is 5.57 Å². The summed E-state index contributed by atoms with van der Waals surface area (Å²) in [5, 5.41) is 0. The molecule has 6 heteroatoms. The lowest BCUT2D eigenvalue weighted by molar-refractivity contribution is -0.149. The molecule has 9 atom stereocenters. The van der Waals surface area contributed by atoms with Crippen molar-refractivity contribution in [3.8, 4) is 0 Å². The van der Waals surface area contributed by atoms with Crippen LogP contribution in [0.2, 0.25) is 0 Å². The maximum atomic E-state index is 11.8. The van der Waals surface area contributed by atoms with Gasteiger partial charge in [-0.1, -0.05) is 32.4 Å². The second kappa shape index (κ2) is 10.4. The number of carbonyl (C=O) groups excluding carboxylic acids is 3. The van der Waals surface area contributed by atoms with Crippen molar-refractivity contribution in [2.75, 3.05) is 6.54 Å². The van der Waals surface area contributed by atoms with Crippen LogP contribution >= 0.6 is 0 Å². The van der Waals surface area contributed by atoms with Crippen LogP contribution < -0.4 is 0 Å². The third-order valence-electron chi connectivity index (χ3n) is 11.7. The summed E-state index contributed by atoms with van der Waals surface area (Å²) < 4.78 is 12.4. The summed E-state index contributed by atoms with van der Waals surface area (Å²) in [4.78, 5) is 36.6. The summed E-state index contributed by atoms with van der Waals surface area (Å²) in [6.07, 6.45) is 12.5. The minimum absolute atomic E-state index is 0.0494. The Balaban J connectivity index is 1.27. The fraction of sp³-hybridized carbons (Fsp3) is 0.788. The van der Waals surface area contributed by atoms with Crippen molar-refractivity contribution in [1.82, 2.24) is 4.90 Å². The van der Waals surface area contributed by atoms with Gasteiger partial charge in [-0.3, -0.25) is 19.3 Å². The number of ether oxygens (including phenoxy) is 2. The van der Waals surface area contributed by atoms with Crippen molar-refractivity contribution in [1.29, 1.82) is 0 Å². The minimum Gasteiger partial charge on any atom is -0.494 e. The van der Waals surface area contributed by atoms with E-state index < -0.39 is 0 Å². The highest BCUT2D eigenvalue weighted by atomic mass is 16.5. The quantitative estimate of drug-likeness (QED) is 0.281. The molecular weight excluding hydrogens is 490 g/mol. The van der Waals surface area contributed by atoms with Crippen LogP contribution in [0.4, 0.5) is 0 Å². The summed E-state index contributed by atoms with van der Waals surface area (Å²) in [6.45, 7) is 14.4. The molecule has 2 amide bonds. The van der Waals surface area contributed by atoms with Gasteiger partial charge in [0.15, 0.2) is 0 Å². The van der Waals surface area contributed by atoms with Gasteiger partial charge in [-0.25, -0.2) is 0 Å². The second-order valence-corrected chi connectivity index (χ2v) is 14.0. The first-order valence-corrected chi connectivity index (χ1v) is 15.4. The molecule has 5 aliphatic rings. The van der Waals surface area contributed by atoms with E-state index >= 15 is 0 Å². The van der Waals surface area contributed by atoms with Crippen LogP contribution in [0.5, 0.6) is 0 Å². The Morgan fingerprint density at radius 2 is 1.82 bits per heavy atom. The first kappa shape index (κ1) is 28.4. The molecule has 3 fully saturated rings. The van der Waals surface area contributed by atoms with Crippen LogP contribution in [0.25, 0.3) is 0 Å². The molecule has 1 aliphatic heterocycles. The Morgan fingerprint density at radius 1 is 1.10 bits per heavy atom. The van der Waals surface area contributed by atoms with Crippen molar-refractivity contribution in [2.24, 2.45) is 40.4 Å². The van der Waals surface area contributed by atoms with Crippen LogP contribution in [-0.2, 0) is 23.9 Å². The van der Waals surface area contributed by atoms with Gasteiger partial charge in [0.25, 0.3) is 0 Å². The molecule has 1 heterocycles. The summed E-state index contributed by atoms with van der Waals surface area (Å²) in [5.74, 6) is 3.48. The lowest BCUT2D eigenvalue weighted by Gasteiger charge is -2.58. The third-order valence-corrected chi connectivity index (χ3v) is 11.7. The zero-order valence-electron chi connectivity index (χ0n) is 25.2. The normalized spacial score (nSPS) is 39.4. The molecule has 39 heavy (non-hydrogen) atoms. The number of fused-ring (bicyclic) bond motifs is 7. The number of amides is 2. The summed E-state index contributed by atoms with van der Waals surface area (Å²) in [7, 11) is 0. The van der Waals surface area contributed by atoms with Crippen molar-refractivity contribution < 1.29 is 23.9 Å². The third kappa shape index (κ3) is 4.88. The fourth-order valence-electron chi connectivity index (χ4n) is 9.81.